The number of carbonyl (C=O) groups excluding carboxylic acids is 3. The van der Waals surface area contributed by atoms with Gasteiger partial charge < -0.3 is 14.2 Å². The fourth-order valence-corrected chi connectivity index (χ4v) is 8.79. The zero-order chi connectivity index (χ0) is 57.1. The molecule has 1 unspecified atom stereocenters. The predicted molar refractivity (Wildman–Crippen MR) is 343 cm³/mol. The van der Waals surface area contributed by atoms with E-state index >= 15 is 0 Å². The molecular weight excluding hydrogens is 973 g/mol. The van der Waals surface area contributed by atoms with Gasteiger partial charge in [0, 0.05) is 19.3 Å². The molecule has 0 aliphatic rings. The molecule has 0 aliphatic carbocycles. The Kier molecular flexibility index (Phi) is 62.3. The minimum atomic E-state index is -0.794. The number of rotatable bonds is 58. The number of esters is 3. The van der Waals surface area contributed by atoms with Gasteiger partial charge in [-0.2, -0.15) is 0 Å². The first-order valence-corrected chi connectivity index (χ1v) is 32.7. The van der Waals surface area contributed by atoms with Gasteiger partial charge >= 0.3 is 17.9 Å². The number of hydrogen-bond acceptors (Lipinski definition) is 6. The molecule has 1 atom stereocenters. The van der Waals surface area contributed by atoms with E-state index < -0.39 is 6.10 Å². The minimum absolute atomic E-state index is 0.0903. The van der Waals surface area contributed by atoms with Crippen LogP contribution in [-0.4, -0.2) is 37.2 Å². The Morgan fingerprint density at radius 2 is 0.494 bits per heavy atom. The predicted octanol–water partition coefficient (Wildman–Crippen LogP) is 22.5. The Balaban J connectivity index is 4.31. The standard InChI is InChI=1S/C73H120O6/c1-4-7-10-13-16-19-22-25-27-29-30-31-32-33-34-35-36-37-38-39-40-41-42-44-45-48-51-54-57-60-63-66-72(75)78-69-70(68-77-71(74)65-62-59-56-53-50-47-24-21-18-15-12-9-6-3)79-73(76)67-64-61-58-55-52-49-46-43-28-26-23-20-17-14-11-8-5-2/h7-8,10-11,16-17,19-21,24-28,30-31,33-34,36-37,39-40,70H,4-6,9,12-15,18,22-23,29,32,35,38,41-69H2,1-3H3/b10-7-,11-8-,19-16-,20-17-,24-21-,27-25-,28-26-,31-30-,34-33-,37-36-,40-39-. The van der Waals surface area contributed by atoms with Crippen molar-refractivity contribution in [1.82, 2.24) is 0 Å². The smallest absolute Gasteiger partial charge is 0.306 e. The molecule has 0 fully saturated rings. The molecule has 0 N–H and O–H groups in total. The van der Waals surface area contributed by atoms with Gasteiger partial charge in [-0.25, -0.2) is 0 Å². The number of unbranched alkanes of at least 4 members (excludes halogenated alkanes) is 25. The summed E-state index contributed by atoms with van der Waals surface area (Å²) >= 11 is 0. The van der Waals surface area contributed by atoms with Crippen molar-refractivity contribution >= 4 is 17.9 Å². The van der Waals surface area contributed by atoms with Crippen LogP contribution in [0.5, 0.6) is 0 Å². The second-order valence-corrected chi connectivity index (χ2v) is 21.3. The molecule has 0 amide bonds. The highest BCUT2D eigenvalue weighted by Crippen LogP contribution is 2.15. The molecule has 0 aromatic carbocycles. The third-order valence-electron chi connectivity index (χ3n) is 13.6. The maximum atomic E-state index is 12.9. The maximum absolute atomic E-state index is 12.9. The summed E-state index contributed by atoms with van der Waals surface area (Å²) in [6, 6.07) is 0. The lowest BCUT2D eigenvalue weighted by Crippen LogP contribution is -2.30. The number of hydrogen-bond donors (Lipinski definition) is 0. The second kappa shape index (κ2) is 66.1. The molecule has 0 radical (unpaired) electrons. The van der Waals surface area contributed by atoms with Gasteiger partial charge in [-0.05, 0) is 135 Å². The van der Waals surface area contributed by atoms with E-state index in [2.05, 4.69) is 154 Å². The lowest BCUT2D eigenvalue weighted by Gasteiger charge is -2.18. The van der Waals surface area contributed by atoms with E-state index in [1.807, 2.05) is 0 Å². The van der Waals surface area contributed by atoms with Crippen molar-refractivity contribution in [2.24, 2.45) is 0 Å². The van der Waals surface area contributed by atoms with Crippen LogP contribution in [0.4, 0.5) is 0 Å². The van der Waals surface area contributed by atoms with Crippen LogP contribution in [0.3, 0.4) is 0 Å². The number of carbonyl (C=O) groups is 3. The normalized spacial score (nSPS) is 13.0. The fourth-order valence-electron chi connectivity index (χ4n) is 8.79. The zero-order valence-electron chi connectivity index (χ0n) is 51.3. The molecule has 0 heterocycles. The number of ether oxygens (including phenoxy) is 3. The summed E-state index contributed by atoms with van der Waals surface area (Å²) in [5.41, 5.74) is 0. The van der Waals surface area contributed by atoms with E-state index in [0.717, 1.165) is 141 Å². The van der Waals surface area contributed by atoms with Crippen LogP contribution in [0.2, 0.25) is 0 Å². The Labute approximate surface area is 487 Å². The van der Waals surface area contributed by atoms with E-state index in [1.165, 1.54) is 109 Å². The molecule has 0 spiro atoms. The first kappa shape index (κ1) is 74.5. The van der Waals surface area contributed by atoms with Crippen molar-refractivity contribution in [3.63, 3.8) is 0 Å². The molecule has 6 heteroatoms. The van der Waals surface area contributed by atoms with Gasteiger partial charge in [-0.3, -0.25) is 14.4 Å². The lowest BCUT2D eigenvalue weighted by atomic mass is 10.1. The lowest BCUT2D eigenvalue weighted by molar-refractivity contribution is -0.167. The average Bonchev–Trinajstić information content (AvgIpc) is 3.45. The van der Waals surface area contributed by atoms with Crippen molar-refractivity contribution in [1.29, 1.82) is 0 Å². The van der Waals surface area contributed by atoms with E-state index in [4.69, 9.17) is 14.2 Å². The summed E-state index contributed by atoms with van der Waals surface area (Å²) in [5, 5.41) is 0. The highest BCUT2D eigenvalue weighted by atomic mass is 16.6. The fraction of sp³-hybridized carbons (Fsp3) is 0.658. The third-order valence-corrected chi connectivity index (χ3v) is 13.6. The highest BCUT2D eigenvalue weighted by molar-refractivity contribution is 5.71. The van der Waals surface area contributed by atoms with E-state index in [-0.39, 0.29) is 31.1 Å². The molecule has 0 aliphatic heterocycles. The van der Waals surface area contributed by atoms with Crippen LogP contribution < -0.4 is 0 Å². The summed E-state index contributed by atoms with van der Waals surface area (Å²) in [5.74, 6) is -0.911. The monoisotopic (exact) mass is 1090 g/mol. The summed E-state index contributed by atoms with van der Waals surface area (Å²) in [6.07, 6.45) is 93.1. The van der Waals surface area contributed by atoms with Gasteiger partial charge in [0.25, 0.3) is 0 Å². The van der Waals surface area contributed by atoms with Gasteiger partial charge in [0.15, 0.2) is 6.10 Å². The van der Waals surface area contributed by atoms with Gasteiger partial charge in [0.05, 0.1) is 0 Å². The minimum Gasteiger partial charge on any atom is -0.462 e. The first-order chi connectivity index (χ1) is 39.0. The Hall–Kier alpha value is -4.45. The summed E-state index contributed by atoms with van der Waals surface area (Å²) in [7, 11) is 0. The Bertz CT molecular complexity index is 1680. The number of allylic oxidation sites excluding steroid dienone is 22. The Morgan fingerprint density at radius 1 is 0.266 bits per heavy atom. The summed E-state index contributed by atoms with van der Waals surface area (Å²) in [4.78, 5) is 38.3. The largest absolute Gasteiger partial charge is 0.462 e. The van der Waals surface area contributed by atoms with Crippen LogP contribution >= 0.6 is 0 Å². The van der Waals surface area contributed by atoms with Gasteiger partial charge in [-0.1, -0.05) is 270 Å². The molecule has 79 heavy (non-hydrogen) atoms. The van der Waals surface area contributed by atoms with Gasteiger partial charge in [-0.15, -0.1) is 0 Å². The van der Waals surface area contributed by atoms with Crippen LogP contribution in [0.1, 0.15) is 290 Å². The zero-order valence-corrected chi connectivity index (χ0v) is 51.3. The Morgan fingerprint density at radius 3 is 0.785 bits per heavy atom. The van der Waals surface area contributed by atoms with Crippen molar-refractivity contribution in [2.45, 2.75) is 297 Å². The quantitative estimate of drug-likeness (QED) is 0.0261. The average molecular weight is 1090 g/mol. The SMILES string of the molecule is CC/C=C\C/C=C\C/C=C\C/C=C\C/C=C\C/C=C\C/C=C\CCCCCCCCCCCC(=O)OCC(COC(=O)CCCCCCC/C=C\CCCCCC)OC(=O)CCCCCCCCC/C=C\C/C=C\C/C=C\CC. The van der Waals surface area contributed by atoms with Crippen LogP contribution in [0.15, 0.2) is 134 Å². The van der Waals surface area contributed by atoms with Crippen molar-refractivity contribution in [2.75, 3.05) is 13.2 Å². The molecule has 0 saturated heterocycles. The summed E-state index contributed by atoms with van der Waals surface area (Å²) in [6.45, 7) is 6.39. The molecule has 0 aromatic rings. The molecule has 0 saturated carbocycles. The first-order valence-electron chi connectivity index (χ1n) is 32.7. The highest BCUT2D eigenvalue weighted by Gasteiger charge is 2.19. The van der Waals surface area contributed by atoms with Crippen molar-refractivity contribution in [3.05, 3.63) is 134 Å². The molecule has 0 aromatic heterocycles. The molecule has 0 rings (SSSR count). The van der Waals surface area contributed by atoms with E-state index in [1.54, 1.807) is 0 Å². The van der Waals surface area contributed by atoms with Crippen LogP contribution in [0, 0.1) is 0 Å². The van der Waals surface area contributed by atoms with Crippen LogP contribution in [0.25, 0.3) is 0 Å². The van der Waals surface area contributed by atoms with Crippen LogP contribution in [-0.2, 0) is 28.6 Å². The molecular formula is C73H120O6. The second-order valence-electron chi connectivity index (χ2n) is 21.3. The van der Waals surface area contributed by atoms with Gasteiger partial charge in [0.2, 0.25) is 0 Å². The van der Waals surface area contributed by atoms with Crippen molar-refractivity contribution < 1.29 is 28.6 Å². The van der Waals surface area contributed by atoms with Gasteiger partial charge in [0.1, 0.15) is 13.2 Å². The maximum Gasteiger partial charge on any atom is 0.306 e. The van der Waals surface area contributed by atoms with E-state index in [0.29, 0.717) is 19.3 Å². The topological polar surface area (TPSA) is 78.9 Å². The summed E-state index contributed by atoms with van der Waals surface area (Å²) < 4.78 is 16.9. The third kappa shape index (κ3) is 64.3. The molecule has 448 valence electrons. The van der Waals surface area contributed by atoms with E-state index in [9.17, 15) is 14.4 Å². The molecule has 0 bridgehead atoms. The molecule has 6 nitrogen and oxygen atoms in total. The van der Waals surface area contributed by atoms with Crippen molar-refractivity contribution in [3.8, 4) is 0 Å².